The lowest BCUT2D eigenvalue weighted by Crippen LogP contribution is -2.26. The number of aryl methyl sites for hydroxylation is 1. The summed E-state index contributed by atoms with van der Waals surface area (Å²) in [5.41, 5.74) is 5.40. The summed E-state index contributed by atoms with van der Waals surface area (Å²) in [4.78, 5) is 2.61. The van der Waals surface area contributed by atoms with E-state index in [9.17, 15) is 0 Å². The Balaban J connectivity index is 1.46. The fourth-order valence-corrected chi connectivity index (χ4v) is 3.56. The average molecular weight is 361 g/mol. The summed E-state index contributed by atoms with van der Waals surface area (Å²) in [6.45, 7) is 5.06. The van der Waals surface area contributed by atoms with E-state index >= 15 is 0 Å². The number of hydrogen-bond donors (Lipinski definition) is 0. The van der Waals surface area contributed by atoms with E-state index in [0.717, 1.165) is 31.4 Å². The van der Waals surface area contributed by atoms with Gasteiger partial charge in [0.25, 0.3) is 0 Å². The first-order valence-electron chi connectivity index (χ1n) is 9.78. The van der Waals surface area contributed by atoms with Gasteiger partial charge in [-0.2, -0.15) is 0 Å². The van der Waals surface area contributed by atoms with Crippen LogP contribution in [0, 0.1) is 6.92 Å². The minimum Gasteiger partial charge on any atom is -0.497 e. The maximum Gasteiger partial charge on any atom is 0.118 e. The van der Waals surface area contributed by atoms with Gasteiger partial charge in [-0.25, -0.2) is 0 Å². The normalized spacial score (nSPS) is 13.9. The highest BCUT2D eigenvalue weighted by atomic mass is 16.5. The molecule has 1 aliphatic rings. The predicted octanol–water partition coefficient (Wildman–Crippen LogP) is 5.02. The maximum absolute atomic E-state index is 5.28. The first-order valence-corrected chi connectivity index (χ1v) is 9.78. The van der Waals surface area contributed by atoms with Gasteiger partial charge in [0.15, 0.2) is 0 Å². The maximum atomic E-state index is 5.28. The topological polar surface area (TPSA) is 17.4 Å². The van der Waals surface area contributed by atoms with Gasteiger partial charge < -0.3 is 9.30 Å². The molecule has 140 valence electrons. The van der Waals surface area contributed by atoms with Crippen molar-refractivity contribution < 1.29 is 4.74 Å². The van der Waals surface area contributed by atoms with Gasteiger partial charge in [-0.3, -0.25) is 4.90 Å². The zero-order valence-corrected chi connectivity index (χ0v) is 16.3. The summed E-state index contributed by atoms with van der Waals surface area (Å²) in [5, 5.41) is 0. The molecule has 0 aliphatic heterocycles. The molecule has 0 N–H and O–H groups in total. The first-order chi connectivity index (χ1) is 13.2. The molecule has 0 saturated heterocycles. The van der Waals surface area contributed by atoms with Crippen LogP contribution < -0.4 is 4.74 Å². The molecule has 1 heterocycles. The molecule has 27 heavy (non-hydrogen) atoms. The predicted molar refractivity (Wildman–Crippen MR) is 110 cm³/mol. The van der Waals surface area contributed by atoms with Crippen LogP contribution in [0.1, 0.15) is 35.2 Å². The second-order valence-corrected chi connectivity index (χ2v) is 7.60. The molecule has 3 heteroatoms. The molecule has 4 rings (SSSR count). The summed E-state index contributed by atoms with van der Waals surface area (Å²) in [5.74, 6) is 0.920. The lowest BCUT2D eigenvalue weighted by atomic mass is 10.1. The second-order valence-electron chi connectivity index (χ2n) is 7.60. The van der Waals surface area contributed by atoms with Crippen LogP contribution in [0.4, 0.5) is 0 Å². The molecular weight excluding hydrogens is 332 g/mol. The van der Waals surface area contributed by atoms with E-state index in [1.165, 1.54) is 35.2 Å². The average Bonchev–Trinajstić information content (AvgIpc) is 3.45. The summed E-state index contributed by atoms with van der Waals surface area (Å²) < 4.78 is 7.66. The number of nitrogens with zero attached hydrogens (tertiary/aromatic N) is 2. The van der Waals surface area contributed by atoms with Crippen molar-refractivity contribution in [3.05, 3.63) is 89.2 Å². The zero-order valence-electron chi connectivity index (χ0n) is 16.3. The van der Waals surface area contributed by atoms with Crippen LogP contribution in [0.2, 0.25) is 0 Å². The number of ether oxygens (including phenoxy) is 1. The van der Waals surface area contributed by atoms with Gasteiger partial charge in [0, 0.05) is 37.6 Å². The van der Waals surface area contributed by atoms with Crippen molar-refractivity contribution in [3.8, 4) is 5.75 Å². The monoisotopic (exact) mass is 360 g/mol. The molecular formula is C24H28N2O. The van der Waals surface area contributed by atoms with Crippen molar-refractivity contribution in [1.29, 1.82) is 0 Å². The molecule has 0 amide bonds. The molecule has 0 unspecified atom stereocenters. The van der Waals surface area contributed by atoms with Gasteiger partial charge in [0.1, 0.15) is 5.75 Å². The number of rotatable bonds is 8. The molecule has 0 radical (unpaired) electrons. The highest BCUT2D eigenvalue weighted by molar-refractivity contribution is 5.27. The van der Waals surface area contributed by atoms with Crippen LogP contribution in [0.25, 0.3) is 0 Å². The summed E-state index contributed by atoms with van der Waals surface area (Å²) in [6.07, 6.45) is 4.83. The summed E-state index contributed by atoms with van der Waals surface area (Å²) in [7, 11) is 1.72. The number of hydrogen-bond acceptors (Lipinski definition) is 2. The molecule has 1 fully saturated rings. The molecule has 1 saturated carbocycles. The molecule has 0 bridgehead atoms. The Morgan fingerprint density at radius 1 is 0.926 bits per heavy atom. The SMILES string of the molecule is COc1ccc(CN(Cc2cccn2Cc2ccc(C)cc2)C2CC2)cc1. The Morgan fingerprint density at radius 3 is 2.30 bits per heavy atom. The standard InChI is InChI=1S/C24H28N2O/c1-19-5-7-20(8-6-19)16-25-15-3-4-23(25)18-26(22-11-12-22)17-21-9-13-24(27-2)14-10-21/h3-10,13-15,22H,11-12,16-18H2,1-2H3. The van der Waals surface area contributed by atoms with E-state index in [2.05, 4.69) is 83.3 Å². The highest BCUT2D eigenvalue weighted by Gasteiger charge is 2.29. The van der Waals surface area contributed by atoms with Crippen molar-refractivity contribution in [2.24, 2.45) is 0 Å². The minimum absolute atomic E-state index is 0.717. The largest absolute Gasteiger partial charge is 0.497 e. The van der Waals surface area contributed by atoms with E-state index < -0.39 is 0 Å². The van der Waals surface area contributed by atoms with Gasteiger partial charge in [0.2, 0.25) is 0 Å². The number of methoxy groups -OCH3 is 1. The third-order valence-corrected chi connectivity index (χ3v) is 5.37. The van der Waals surface area contributed by atoms with Gasteiger partial charge in [-0.05, 0) is 55.2 Å². The first kappa shape index (κ1) is 17.9. The van der Waals surface area contributed by atoms with Crippen molar-refractivity contribution >= 4 is 0 Å². The van der Waals surface area contributed by atoms with E-state index in [1.54, 1.807) is 7.11 Å². The molecule has 0 spiro atoms. The highest BCUT2D eigenvalue weighted by Crippen LogP contribution is 2.30. The lowest BCUT2D eigenvalue weighted by Gasteiger charge is -2.23. The van der Waals surface area contributed by atoms with Gasteiger partial charge in [0.05, 0.1) is 7.11 Å². The smallest absolute Gasteiger partial charge is 0.118 e. The third kappa shape index (κ3) is 4.61. The van der Waals surface area contributed by atoms with E-state index in [1.807, 2.05) is 0 Å². The van der Waals surface area contributed by atoms with Crippen LogP contribution in [0.15, 0.2) is 66.9 Å². The molecule has 2 aromatic carbocycles. The van der Waals surface area contributed by atoms with E-state index in [0.29, 0.717) is 0 Å². The van der Waals surface area contributed by atoms with Crippen molar-refractivity contribution in [2.75, 3.05) is 7.11 Å². The van der Waals surface area contributed by atoms with Gasteiger partial charge >= 0.3 is 0 Å². The van der Waals surface area contributed by atoms with Crippen molar-refractivity contribution in [2.45, 2.75) is 45.4 Å². The Kier molecular flexibility index (Phi) is 5.30. The Morgan fingerprint density at radius 2 is 1.63 bits per heavy atom. The number of benzene rings is 2. The Labute approximate surface area is 162 Å². The molecule has 1 aromatic heterocycles. The number of aromatic nitrogens is 1. The van der Waals surface area contributed by atoms with E-state index in [4.69, 9.17) is 4.74 Å². The molecule has 1 aliphatic carbocycles. The molecule has 3 nitrogen and oxygen atoms in total. The summed E-state index contributed by atoms with van der Waals surface area (Å²) in [6, 6.07) is 22.5. The minimum atomic E-state index is 0.717. The van der Waals surface area contributed by atoms with Crippen LogP contribution in [-0.2, 0) is 19.6 Å². The van der Waals surface area contributed by atoms with Crippen LogP contribution in [-0.4, -0.2) is 22.6 Å². The Bertz CT molecular complexity index is 860. The third-order valence-electron chi connectivity index (χ3n) is 5.37. The molecule has 3 aromatic rings. The fraction of sp³-hybridized carbons (Fsp3) is 0.333. The molecule has 0 atom stereocenters. The Hall–Kier alpha value is -2.52. The zero-order chi connectivity index (χ0) is 18.6. The van der Waals surface area contributed by atoms with Gasteiger partial charge in [-0.1, -0.05) is 42.0 Å². The van der Waals surface area contributed by atoms with Crippen molar-refractivity contribution in [1.82, 2.24) is 9.47 Å². The fourth-order valence-electron chi connectivity index (χ4n) is 3.56. The van der Waals surface area contributed by atoms with Crippen LogP contribution in [0.3, 0.4) is 0 Å². The quantitative estimate of drug-likeness (QED) is 0.561. The van der Waals surface area contributed by atoms with Crippen molar-refractivity contribution in [3.63, 3.8) is 0 Å². The summed E-state index contributed by atoms with van der Waals surface area (Å²) >= 11 is 0. The van der Waals surface area contributed by atoms with Crippen LogP contribution >= 0.6 is 0 Å². The van der Waals surface area contributed by atoms with Gasteiger partial charge in [-0.15, -0.1) is 0 Å². The second kappa shape index (κ2) is 8.01. The van der Waals surface area contributed by atoms with Crippen LogP contribution in [0.5, 0.6) is 5.75 Å². The lowest BCUT2D eigenvalue weighted by molar-refractivity contribution is 0.239. The van der Waals surface area contributed by atoms with E-state index in [-0.39, 0.29) is 0 Å².